The van der Waals surface area contributed by atoms with E-state index in [2.05, 4.69) is 10.2 Å². The normalized spacial score (nSPS) is 17.0. The highest BCUT2D eigenvalue weighted by atomic mass is 32.2. The second kappa shape index (κ2) is 6.85. The van der Waals surface area contributed by atoms with E-state index < -0.39 is 0 Å². The van der Waals surface area contributed by atoms with Gasteiger partial charge in [0.2, 0.25) is 5.91 Å². The van der Waals surface area contributed by atoms with Crippen molar-refractivity contribution in [2.45, 2.75) is 6.54 Å². The number of hydrogen-bond donors (Lipinski definition) is 0. The molecule has 1 saturated heterocycles. The topological polar surface area (TPSA) is 45.0 Å². The molecule has 0 saturated carbocycles. The van der Waals surface area contributed by atoms with Gasteiger partial charge in [0.25, 0.3) is 0 Å². The molecule has 1 fully saturated rings. The Hall–Kier alpha value is -1.99. The van der Waals surface area contributed by atoms with Crippen molar-refractivity contribution >= 4 is 40.4 Å². The highest BCUT2D eigenvalue weighted by Crippen LogP contribution is 2.22. The first-order valence-corrected chi connectivity index (χ1v) is 8.41. The van der Waals surface area contributed by atoms with E-state index >= 15 is 0 Å². The van der Waals surface area contributed by atoms with Crippen LogP contribution in [0, 0.1) is 5.82 Å². The predicted molar refractivity (Wildman–Crippen MR) is 88.8 cm³/mol. The second-order valence-corrected chi connectivity index (χ2v) is 6.46. The van der Waals surface area contributed by atoms with Gasteiger partial charge in [0.15, 0.2) is 5.17 Å². The van der Waals surface area contributed by atoms with Gasteiger partial charge in [0.05, 0.1) is 18.5 Å². The molecule has 1 aliphatic heterocycles. The second-order valence-electron chi connectivity index (χ2n) is 4.54. The van der Waals surface area contributed by atoms with E-state index in [1.165, 1.54) is 23.9 Å². The zero-order valence-electron chi connectivity index (χ0n) is 11.5. The van der Waals surface area contributed by atoms with Gasteiger partial charge in [-0.15, -0.1) is 16.4 Å². The van der Waals surface area contributed by atoms with Crippen molar-refractivity contribution in [3.05, 3.63) is 58.0 Å². The van der Waals surface area contributed by atoms with Gasteiger partial charge in [-0.25, -0.2) is 4.39 Å². The Morgan fingerprint density at radius 1 is 1.27 bits per heavy atom. The summed E-state index contributed by atoms with van der Waals surface area (Å²) in [5.74, 6) is 0.0499. The number of amidine groups is 1. The molecule has 0 N–H and O–H groups in total. The first kappa shape index (κ1) is 14.9. The van der Waals surface area contributed by atoms with Crippen molar-refractivity contribution in [1.29, 1.82) is 0 Å². The predicted octanol–water partition coefficient (Wildman–Crippen LogP) is 3.35. The summed E-state index contributed by atoms with van der Waals surface area (Å²) in [5.41, 5.74) is 0.854. The van der Waals surface area contributed by atoms with Crippen LogP contribution in [0.15, 0.2) is 52.0 Å². The van der Waals surface area contributed by atoms with Crippen LogP contribution in [0.1, 0.15) is 10.4 Å². The lowest BCUT2D eigenvalue weighted by atomic mass is 10.2. The molecule has 3 rings (SSSR count). The smallest absolute Gasteiger partial charge is 0.239 e. The molecule has 1 aromatic carbocycles. The Balaban J connectivity index is 1.73. The third-order valence-corrected chi connectivity index (χ3v) is 4.74. The highest BCUT2D eigenvalue weighted by molar-refractivity contribution is 8.15. The van der Waals surface area contributed by atoms with Gasteiger partial charge in [-0.2, -0.15) is 5.10 Å². The molecule has 0 atom stereocenters. The number of benzene rings is 1. The Labute approximate surface area is 135 Å². The fourth-order valence-electron chi connectivity index (χ4n) is 1.90. The monoisotopic (exact) mass is 333 g/mol. The van der Waals surface area contributed by atoms with Crippen LogP contribution < -0.4 is 0 Å². The fraction of sp³-hybridized carbons (Fsp3) is 0.133. The van der Waals surface area contributed by atoms with Crippen molar-refractivity contribution in [1.82, 2.24) is 4.90 Å². The third kappa shape index (κ3) is 3.61. The minimum absolute atomic E-state index is 0.0144. The Bertz CT molecular complexity index is 711. The SMILES string of the molecule is O=C1CSC(=N/N=C/c2cccs2)N1Cc1ccc(F)cc1. The van der Waals surface area contributed by atoms with Gasteiger partial charge in [-0.1, -0.05) is 30.0 Å². The number of carbonyl (C=O) groups excluding carboxylic acids is 1. The summed E-state index contributed by atoms with van der Waals surface area (Å²) in [4.78, 5) is 14.5. The summed E-state index contributed by atoms with van der Waals surface area (Å²) in [6.07, 6.45) is 1.66. The van der Waals surface area contributed by atoms with E-state index in [1.54, 1.807) is 34.6 Å². The van der Waals surface area contributed by atoms with Crippen molar-refractivity contribution in [3.8, 4) is 0 Å². The van der Waals surface area contributed by atoms with Gasteiger partial charge < -0.3 is 0 Å². The number of thiophene rings is 1. The number of carbonyl (C=O) groups is 1. The standard InChI is InChI=1S/C15H12FN3OS2/c16-12-5-3-11(4-6-12)9-19-14(20)10-22-15(19)18-17-8-13-2-1-7-21-13/h1-8H,9-10H2/b17-8+,18-15?. The van der Waals surface area contributed by atoms with E-state index in [-0.39, 0.29) is 11.7 Å². The maximum absolute atomic E-state index is 12.9. The Kier molecular flexibility index (Phi) is 4.65. The van der Waals surface area contributed by atoms with E-state index in [9.17, 15) is 9.18 Å². The fourth-order valence-corrected chi connectivity index (χ4v) is 3.31. The molecule has 1 aromatic heterocycles. The number of nitrogens with zero attached hydrogens (tertiary/aromatic N) is 3. The third-order valence-electron chi connectivity index (χ3n) is 2.98. The van der Waals surface area contributed by atoms with Crippen LogP contribution >= 0.6 is 23.1 Å². The Morgan fingerprint density at radius 2 is 2.09 bits per heavy atom. The zero-order chi connectivity index (χ0) is 15.4. The summed E-state index contributed by atoms with van der Waals surface area (Å²) < 4.78 is 12.9. The summed E-state index contributed by atoms with van der Waals surface area (Å²) in [6, 6.07) is 9.98. The summed E-state index contributed by atoms with van der Waals surface area (Å²) >= 11 is 2.93. The van der Waals surface area contributed by atoms with Gasteiger partial charge in [-0.05, 0) is 29.1 Å². The highest BCUT2D eigenvalue weighted by Gasteiger charge is 2.28. The summed E-state index contributed by atoms with van der Waals surface area (Å²) in [6.45, 7) is 0.374. The molecular formula is C15H12FN3OS2. The summed E-state index contributed by atoms with van der Waals surface area (Å²) in [5, 5.41) is 10.7. The van der Waals surface area contributed by atoms with Crippen LogP contribution in [0.5, 0.6) is 0 Å². The van der Waals surface area contributed by atoms with Crippen molar-refractivity contribution in [2.24, 2.45) is 10.2 Å². The molecule has 4 nitrogen and oxygen atoms in total. The van der Waals surface area contributed by atoms with Crippen LogP contribution in [-0.4, -0.2) is 27.9 Å². The van der Waals surface area contributed by atoms with Crippen molar-refractivity contribution in [2.75, 3.05) is 5.75 Å². The van der Waals surface area contributed by atoms with Crippen molar-refractivity contribution in [3.63, 3.8) is 0 Å². The van der Waals surface area contributed by atoms with Gasteiger partial charge in [0.1, 0.15) is 5.82 Å². The molecular weight excluding hydrogens is 321 g/mol. The quantitative estimate of drug-likeness (QED) is 0.636. The Morgan fingerprint density at radius 3 is 2.82 bits per heavy atom. The lowest BCUT2D eigenvalue weighted by Gasteiger charge is -2.14. The maximum atomic E-state index is 12.9. The molecule has 2 heterocycles. The molecule has 2 aromatic rings. The average Bonchev–Trinajstić information content (AvgIpc) is 3.14. The van der Waals surface area contributed by atoms with E-state index in [0.717, 1.165) is 10.4 Å². The molecule has 1 aliphatic rings. The molecule has 22 heavy (non-hydrogen) atoms. The van der Waals surface area contributed by atoms with Gasteiger partial charge >= 0.3 is 0 Å². The van der Waals surface area contributed by atoms with E-state index in [1.807, 2.05) is 17.5 Å². The van der Waals surface area contributed by atoms with E-state index in [0.29, 0.717) is 17.5 Å². The van der Waals surface area contributed by atoms with Crippen LogP contribution in [0.2, 0.25) is 0 Å². The molecule has 7 heteroatoms. The lowest BCUT2D eigenvalue weighted by molar-refractivity contribution is -0.124. The lowest BCUT2D eigenvalue weighted by Crippen LogP contribution is -2.28. The first-order valence-electron chi connectivity index (χ1n) is 6.54. The van der Waals surface area contributed by atoms with Gasteiger partial charge in [0, 0.05) is 4.88 Å². The average molecular weight is 333 g/mol. The minimum Gasteiger partial charge on any atom is -0.285 e. The van der Waals surface area contributed by atoms with E-state index in [4.69, 9.17) is 0 Å². The number of halogens is 1. The molecule has 112 valence electrons. The zero-order valence-corrected chi connectivity index (χ0v) is 13.1. The molecule has 0 radical (unpaired) electrons. The minimum atomic E-state index is -0.291. The van der Waals surface area contributed by atoms with Gasteiger partial charge in [-0.3, -0.25) is 9.69 Å². The summed E-state index contributed by atoms with van der Waals surface area (Å²) in [7, 11) is 0. The molecule has 0 unspecified atom stereocenters. The molecule has 0 bridgehead atoms. The first-order chi connectivity index (χ1) is 10.7. The number of thioether (sulfide) groups is 1. The number of hydrogen-bond acceptors (Lipinski definition) is 5. The van der Waals surface area contributed by atoms with Crippen LogP contribution in [0.25, 0.3) is 0 Å². The van der Waals surface area contributed by atoms with Crippen LogP contribution in [0.3, 0.4) is 0 Å². The maximum Gasteiger partial charge on any atom is 0.239 e. The van der Waals surface area contributed by atoms with Crippen LogP contribution in [0.4, 0.5) is 4.39 Å². The molecule has 0 aliphatic carbocycles. The number of rotatable bonds is 4. The largest absolute Gasteiger partial charge is 0.285 e. The number of amides is 1. The molecule has 1 amide bonds. The van der Waals surface area contributed by atoms with Crippen molar-refractivity contribution < 1.29 is 9.18 Å². The molecule has 0 spiro atoms. The van der Waals surface area contributed by atoms with Crippen LogP contribution in [-0.2, 0) is 11.3 Å².